The van der Waals surface area contributed by atoms with E-state index in [0.717, 1.165) is 5.56 Å². The highest BCUT2D eigenvalue weighted by Gasteiger charge is 2.15. The molecular formula is C25H22FNO4. The van der Waals surface area contributed by atoms with Crippen LogP contribution >= 0.6 is 0 Å². The molecule has 1 amide bonds. The van der Waals surface area contributed by atoms with Crippen LogP contribution < -0.4 is 10.1 Å². The summed E-state index contributed by atoms with van der Waals surface area (Å²) in [6.45, 7) is -0.333. The van der Waals surface area contributed by atoms with Crippen LogP contribution in [-0.4, -0.2) is 30.6 Å². The molecule has 0 aromatic heterocycles. The SMILES string of the molecule is O=C(CNC(=O)c1ccccc1OCC(=O)Cc1ccc(F)cc1)Cc1ccccc1. The predicted molar refractivity (Wildman–Crippen MR) is 115 cm³/mol. The molecule has 6 heteroatoms. The topological polar surface area (TPSA) is 72.5 Å². The summed E-state index contributed by atoms with van der Waals surface area (Å²) >= 11 is 0. The molecule has 3 aromatic carbocycles. The van der Waals surface area contributed by atoms with Gasteiger partial charge in [-0.3, -0.25) is 14.4 Å². The number of nitrogens with one attached hydrogen (secondary N) is 1. The lowest BCUT2D eigenvalue weighted by atomic mass is 10.1. The number of hydrogen-bond donors (Lipinski definition) is 1. The van der Waals surface area contributed by atoms with Crippen LogP contribution in [0.1, 0.15) is 21.5 Å². The first-order valence-electron chi connectivity index (χ1n) is 9.83. The Morgan fingerprint density at radius 2 is 1.35 bits per heavy atom. The zero-order chi connectivity index (χ0) is 22.1. The fourth-order valence-electron chi connectivity index (χ4n) is 2.98. The minimum Gasteiger partial charge on any atom is -0.485 e. The third kappa shape index (κ3) is 6.89. The molecule has 0 radical (unpaired) electrons. The third-order valence-corrected chi connectivity index (χ3v) is 4.53. The average Bonchev–Trinajstić information content (AvgIpc) is 2.78. The molecule has 0 bridgehead atoms. The third-order valence-electron chi connectivity index (χ3n) is 4.53. The molecule has 0 unspecified atom stereocenters. The fourth-order valence-corrected chi connectivity index (χ4v) is 2.98. The summed E-state index contributed by atoms with van der Waals surface area (Å²) < 4.78 is 18.5. The first-order valence-corrected chi connectivity index (χ1v) is 9.83. The maximum atomic E-state index is 13.0. The summed E-state index contributed by atoms with van der Waals surface area (Å²) in [7, 11) is 0. The molecule has 0 heterocycles. The maximum absolute atomic E-state index is 13.0. The lowest BCUT2D eigenvalue weighted by Gasteiger charge is -2.11. The smallest absolute Gasteiger partial charge is 0.255 e. The quantitative estimate of drug-likeness (QED) is 0.546. The van der Waals surface area contributed by atoms with Crippen LogP contribution in [0.3, 0.4) is 0 Å². The van der Waals surface area contributed by atoms with Crippen molar-refractivity contribution in [1.82, 2.24) is 5.32 Å². The number of ether oxygens (including phenoxy) is 1. The molecule has 0 fully saturated rings. The second-order valence-electron chi connectivity index (χ2n) is 7.01. The lowest BCUT2D eigenvalue weighted by Crippen LogP contribution is -2.30. The van der Waals surface area contributed by atoms with Gasteiger partial charge in [-0.2, -0.15) is 0 Å². The molecule has 0 aliphatic heterocycles. The molecule has 31 heavy (non-hydrogen) atoms. The number of benzene rings is 3. The molecule has 0 aliphatic rings. The Morgan fingerprint density at radius 3 is 2.10 bits per heavy atom. The van der Waals surface area contributed by atoms with Gasteiger partial charge in [-0.1, -0.05) is 54.6 Å². The van der Waals surface area contributed by atoms with Gasteiger partial charge in [0.25, 0.3) is 5.91 Å². The van der Waals surface area contributed by atoms with E-state index < -0.39 is 5.91 Å². The van der Waals surface area contributed by atoms with Gasteiger partial charge in [0.1, 0.15) is 18.2 Å². The lowest BCUT2D eigenvalue weighted by molar-refractivity contribution is -0.120. The molecule has 0 aliphatic carbocycles. The highest BCUT2D eigenvalue weighted by Crippen LogP contribution is 2.18. The minimum absolute atomic E-state index is 0.0998. The van der Waals surface area contributed by atoms with Crippen molar-refractivity contribution >= 4 is 17.5 Å². The summed E-state index contributed by atoms with van der Waals surface area (Å²) in [5, 5.41) is 2.60. The van der Waals surface area contributed by atoms with Gasteiger partial charge >= 0.3 is 0 Å². The Morgan fingerprint density at radius 1 is 0.742 bits per heavy atom. The molecular weight excluding hydrogens is 397 g/mol. The second kappa shape index (κ2) is 10.8. The van der Waals surface area contributed by atoms with Crippen molar-refractivity contribution in [2.24, 2.45) is 0 Å². The highest BCUT2D eigenvalue weighted by atomic mass is 19.1. The largest absolute Gasteiger partial charge is 0.485 e. The Labute approximate surface area is 179 Å². The van der Waals surface area contributed by atoms with Crippen LogP contribution in [0.5, 0.6) is 5.75 Å². The van der Waals surface area contributed by atoms with Crippen molar-refractivity contribution < 1.29 is 23.5 Å². The number of amides is 1. The van der Waals surface area contributed by atoms with Crippen LogP contribution in [-0.2, 0) is 22.4 Å². The van der Waals surface area contributed by atoms with Crippen molar-refractivity contribution in [3.05, 3.63) is 101 Å². The summed E-state index contributed by atoms with van der Waals surface area (Å²) in [5.41, 5.74) is 1.80. The van der Waals surface area contributed by atoms with Gasteiger partial charge in [-0.05, 0) is 35.4 Å². The highest BCUT2D eigenvalue weighted by molar-refractivity contribution is 5.99. The molecule has 5 nitrogen and oxygen atoms in total. The van der Waals surface area contributed by atoms with Crippen molar-refractivity contribution in [3.8, 4) is 5.75 Å². The minimum atomic E-state index is -0.456. The van der Waals surface area contributed by atoms with Crippen LogP contribution in [0.25, 0.3) is 0 Å². The summed E-state index contributed by atoms with van der Waals surface area (Å²) in [6.07, 6.45) is 0.333. The van der Waals surface area contributed by atoms with Gasteiger partial charge in [0.2, 0.25) is 0 Å². The standard InChI is InChI=1S/C25H22FNO4/c26-20-12-10-19(11-13-20)15-22(29)17-31-24-9-5-4-8-23(24)25(30)27-16-21(28)14-18-6-2-1-3-7-18/h1-13H,14-17H2,(H,27,30). The number of Topliss-reactive ketones (excluding diaryl/α,β-unsaturated/α-hetero) is 2. The van der Waals surface area contributed by atoms with Crippen molar-refractivity contribution in [2.75, 3.05) is 13.2 Å². The molecule has 0 atom stereocenters. The van der Waals surface area contributed by atoms with E-state index in [2.05, 4.69) is 5.32 Å². The zero-order valence-electron chi connectivity index (χ0n) is 16.8. The van der Waals surface area contributed by atoms with Crippen molar-refractivity contribution in [3.63, 3.8) is 0 Å². The van der Waals surface area contributed by atoms with Gasteiger partial charge in [0.15, 0.2) is 11.6 Å². The number of halogens is 1. The van der Waals surface area contributed by atoms with E-state index in [1.807, 2.05) is 30.3 Å². The van der Waals surface area contributed by atoms with Crippen molar-refractivity contribution in [2.45, 2.75) is 12.8 Å². The average molecular weight is 419 g/mol. The van der Waals surface area contributed by atoms with E-state index in [9.17, 15) is 18.8 Å². The van der Waals surface area contributed by atoms with Crippen LogP contribution in [0.4, 0.5) is 4.39 Å². The molecule has 0 saturated carbocycles. The van der Waals surface area contributed by atoms with Gasteiger partial charge in [-0.15, -0.1) is 0 Å². The normalized spacial score (nSPS) is 10.4. The Kier molecular flexibility index (Phi) is 7.65. The van der Waals surface area contributed by atoms with E-state index in [-0.39, 0.29) is 54.7 Å². The van der Waals surface area contributed by atoms with E-state index >= 15 is 0 Å². The molecule has 1 N–H and O–H groups in total. The molecule has 3 rings (SSSR count). The number of para-hydroxylation sites is 1. The second-order valence-corrected chi connectivity index (χ2v) is 7.01. The summed E-state index contributed by atoms with van der Waals surface area (Å²) in [4.78, 5) is 36.8. The van der Waals surface area contributed by atoms with Gasteiger partial charge in [0.05, 0.1) is 12.1 Å². The predicted octanol–water partition coefficient (Wildman–Crippen LogP) is 3.56. The van der Waals surface area contributed by atoms with E-state index in [0.29, 0.717) is 5.56 Å². The van der Waals surface area contributed by atoms with Crippen LogP contribution in [0, 0.1) is 5.82 Å². The van der Waals surface area contributed by atoms with Crippen molar-refractivity contribution in [1.29, 1.82) is 0 Å². The van der Waals surface area contributed by atoms with Crippen LogP contribution in [0.15, 0.2) is 78.9 Å². The number of hydrogen-bond acceptors (Lipinski definition) is 4. The van der Waals surface area contributed by atoms with E-state index in [1.54, 1.807) is 36.4 Å². The number of carbonyl (C=O) groups is 3. The first-order chi connectivity index (χ1) is 15.0. The molecule has 158 valence electrons. The Balaban J connectivity index is 1.52. The van der Waals surface area contributed by atoms with E-state index in [4.69, 9.17) is 4.74 Å². The van der Waals surface area contributed by atoms with Gasteiger partial charge in [0, 0.05) is 12.8 Å². The molecule has 0 saturated heterocycles. The Bertz CT molecular complexity index is 1050. The van der Waals surface area contributed by atoms with Gasteiger partial charge in [-0.25, -0.2) is 4.39 Å². The number of rotatable bonds is 10. The summed E-state index contributed by atoms with van der Waals surface area (Å²) in [6, 6.07) is 21.5. The van der Waals surface area contributed by atoms with Gasteiger partial charge < -0.3 is 10.1 Å². The Hall–Kier alpha value is -3.80. The summed E-state index contributed by atoms with van der Waals surface area (Å²) in [5.74, 6) is -0.895. The number of ketones is 2. The fraction of sp³-hybridized carbons (Fsp3) is 0.160. The zero-order valence-corrected chi connectivity index (χ0v) is 16.8. The maximum Gasteiger partial charge on any atom is 0.255 e. The monoisotopic (exact) mass is 419 g/mol. The van der Waals surface area contributed by atoms with Crippen LogP contribution in [0.2, 0.25) is 0 Å². The first kappa shape index (κ1) is 21.9. The van der Waals surface area contributed by atoms with E-state index in [1.165, 1.54) is 12.1 Å². The number of carbonyl (C=O) groups excluding carboxylic acids is 3. The molecule has 3 aromatic rings. The molecule has 0 spiro atoms.